The average Bonchev–Trinajstić information content (AvgIpc) is 2.87. The molecule has 5 nitrogen and oxygen atoms in total. The summed E-state index contributed by atoms with van der Waals surface area (Å²) in [6.45, 7) is 8.63. The number of piperidine rings is 1. The molecule has 1 unspecified atom stereocenters. The van der Waals surface area contributed by atoms with E-state index in [-0.39, 0.29) is 5.97 Å². The van der Waals surface area contributed by atoms with Gasteiger partial charge in [0, 0.05) is 17.8 Å². The molecule has 0 amide bonds. The standard InChI is InChI=1S/C18H25N3O2/c1-4-23-18(22)16-13(3)17(21-15(16)6-5-9-20-21)12(2)14-7-10-19-11-8-14/h5-6,9,12,14,19H,4,7-8,10-11H2,1-3H3. The minimum atomic E-state index is -0.251. The van der Waals surface area contributed by atoms with Crippen LogP contribution in [0.2, 0.25) is 0 Å². The molecule has 0 spiro atoms. The number of nitrogens with zero attached hydrogens (tertiary/aromatic N) is 2. The maximum atomic E-state index is 12.4. The molecule has 0 aromatic carbocycles. The molecule has 1 aliphatic rings. The van der Waals surface area contributed by atoms with Crippen molar-refractivity contribution < 1.29 is 9.53 Å². The third kappa shape index (κ3) is 2.85. The lowest BCUT2D eigenvalue weighted by molar-refractivity contribution is 0.0528. The van der Waals surface area contributed by atoms with Gasteiger partial charge in [0.15, 0.2) is 0 Å². The van der Waals surface area contributed by atoms with Crippen LogP contribution in [0.5, 0.6) is 0 Å². The van der Waals surface area contributed by atoms with Crippen molar-refractivity contribution in [1.29, 1.82) is 0 Å². The summed E-state index contributed by atoms with van der Waals surface area (Å²) in [5, 5.41) is 7.93. The number of ether oxygens (including phenoxy) is 1. The van der Waals surface area contributed by atoms with Gasteiger partial charge in [0.1, 0.15) is 0 Å². The van der Waals surface area contributed by atoms with E-state index in [0.717, 1.165) is 42.7 Å². The maximum Gasteiger partial charge on any atom is 0.340 e. The molecule has 0 aliphatic carbocycles. The second kappa shape index (κ2) is 6.71. The lowest BCUT2D eigenvalue weighted by Gasteiger charge is -2.28. The first-order chi connectivity index (χ1) is 11.1. The predicted octanol–water partition coefficient (Wildman–Crippen LogP) is 2.92. The summed E-state index contributed by atoms with van der Waals surface area (Å²) in [6.07, 6.45) is 4.10. The van der Waals surface area contributed by atoms with Crippen molar-refractivity contribution in [2.24, 2.45) is 5.92 Å². The molecule has 1 saturated heterocycles. The Kier molecular flexibility index (Phi) is 4.66. The highest BCUT2D eigenvalue weighted by atomic mass is 16.5. The second-order valence-electron chi connectivity index (χ2n) is 6.30. The number of carbonyl (C=O) groups excluding carboxylic acids is 1. The summed E-state index contributed by atoms with van der Waals surface area (Å²) in [5.74, 6) is 0.729. The minimum Gasteiger partial charge on any atom is -0.462 e. The van der Waals surface area contributed by atoms with Gasteiger partial charge in [-0.25, -0.2) is 9.31 Å². The first-order valence-corrected chi connectivity index (χ1v) is 8.49. The molecule has 1 fully saturated rings. The zero-order valence-electron chi connectivity index (χ0n) is 14.1. The smallest absolute Gasteiger partial charge is 0.340 e. The summed E-state index contributed by atoms with van der Waals surface area (Å²) in [5.41, 5.74) is 3.67. The van der Waals surface area contributed by atoms with Gasteiger partial charge in [0.05, 0.1) is 17.7 Å². The van der Waals surface area contributed by atoms with E-state index in [1.54, 1.807) is 6.20 Å². The molecule has 2 aromatic rings. The Balaban J connectivity index is 2.09. The maximum absolute atomic E-state index is 12.4. The molecule has 1 atom stereocenters. The molecule has 3 heterocycles. The van der Waals surface area contributed by atoms with E-state index in [4.69, 9.17) is 4.74 Å². The van der Waals surface area contributed by atoms with Crippen LogP contribution >= 0.6 is 0 Å². The van der Waals surface area contributed by atoms with E-state index in [0.29, 0.717) is 24.0 Å². The Hall–Kier alpha value is -1.88. The summed E-state index contributed by atoms with van der Waals surface area (Å²) in [6, 6.07) is 3.82. The lowest BCUT2D eigenvalue weighted by Crippen LogP contribution is -2.30. The molecule has 1 aliphatic heterocycles. The van der Waals surface area contributed by atoms with Gasteiger partial charge in [-0.1, -0.05) is 6.92 Å². The molecule has 0 bridgehead atoms. The lowest BCUT2D eigenvalue weighted by atomic mass is 9.83. The van der Waals surface area contributed by atoms with Crippen molar-refractivity contribution >= 4 is 11.5 Å². The SMILES string of the molecule is CCOC(=O)c1c(C)c(C(C)C2CCNCC2)n2ncccc12. The van der Waals surface area contributed by atoms with Crippen LogP contribution in [0.3, 0.4) is 0 Å². The van der Waals surface area contributed by atoms with Gasteiger partial charge in [0.2, 0.25) is 0 Å². The van der Waals surface area contributed by atoms with Gasteiger partial charge >= 0.3 is 5.97 Å². The van der Waals surface area contributed by atoms with Crippen LogP contribution in [-0.4, -0.2) is 35.3 Å². The Morgan fingerprint density at radius 2 is 2.22 bits per heavy atom. The highest BCUT2D eigenvalue weighted by molar-refractivity contribution is 5.99. The van der Waals surface area contributed by atoms with Gasteiger partial charge in [-0.15, -0.1) is 0 Å². The highest BCUT2D eigenvalue weighted by Crippen LogP contribution is 2.35. The van der Waals surface area contributed by atoms with Crippen molar-refractivity contribution in [1.82, 2.24) is 14.9 Å². The number of fused-ring (bicyclic) bond motifs is 1. The molecule has 0 radical (unpaired) electrons. The quantitative estimate of drug-likeness (QED) is 0.882. The summed E-state index contributed by atoms with van der Waals surface area (Å²) < 4.78 is 7.20. The van der Waals surface area contributed by atoms with Gasteiger partial charge < -0.3 is 10.1 Å². The monoisotopic (exact) mass is 315 g/mol. The Morgan fingerprint density at radius 3 is 2.91 bits per heavy atom. The molecule has 2 aromatic heterocycles. The molecule has 5 heteroatoms. The van der Waals surface area contributed by atoms with Gasteiger partial charge in [-0.3, -0.25) is 0 Å². The molecule has 3 rings (SSSR count). The Labute approximate surface area is 137 Å². The van der Waals surface area contributed by atoms with Crippen LogP contribution in [0.15, 0.2) is 18.3 Å². The molecule has 1 N–H and O–H groups in total. The summed E-state index contributed by atoms with van der Waals surface area (Å²) >= 11 is 0. The zero-order chi connectivity index (χ0) is 16.4. The Morgan fingerprint density at radius 1 is 1.48 bits per heavy atom. The molecule has 124 valence electrons. The number of hydrogen-bond donors (Lipinski definition) is 1. The first kappa shape index (κ1) is 16.0. The molecular weight excluding hydrogens is 290 g/mol. The molecule has 0 saturated carbocycles. The number of esters is 1. The number of aromatic nitrogens is 2. The van der Waals surface area contributed by atoms with Crippen molar-refractivity contribution in [3.63, 3.8) is 0 Å². The first-order valence-electron chi connectivity index (χ1n) is 8.49. The van der Waals surface area contributed by atoms with Gasteiger partial charge in [0.25, 0.3) is 0 Å². The fourth-order valence-electron chi connectivity index (χ4n) is 3.80. The summed E-state index contributed by atoms with van der Waals surface area (Å²) in [7, 11) is 0. The van der Waals surface area contributed by atoms with Crippen molar-refractivity contribution in [3.8, 4) is 0 Å². The number of rotatable bonds is 4. The third-order valence-electron chi connectivity index (χ3n) is 5.00. The zero-order valence-corrected chi connectivity index (χ0v) is 14.1. The fourth-order valence-corrected chi connectivity index (χ4v) is 3.80. The predicted molar refractivity (Wildman–Crippen MR) is 89.9 cm³/mol. The van der Waals surface area contributed by atoms with Crippen LogP contribution in [0.1, 0.15) is 54.2 Å². The number of carbonyl (C=O) groups is 1. The third-order valence-corrected chi connectivity index (χ3v) is 5.00. The average molecular weight is 315 g/mol. The largest absolute Gasteiger partial charge is 0.462 e. The van der Waals surface area contributed by atoms with E-state index in [1.165, 1.54) is 0 Å². The van der Waals surface area contributed by atoms with E-state index in [9.17, 15) is 4.79 Å². The van der Waals surface area contributed by atoms with E-state index in [2.05, 4.69) is 17.3 Å². The highest BCUT2D eigenvalue weighted by Gasteiger charge is 2.29. The van der Waals surface area contributed by atoms with Crippen LogP contribution in [0.25, 0.3) is 5.52 Å². The van der Waals surface area contributed by atoms with Crippen LogP contribution in [0, 0.1) is 12.8 Å². The van der Waals surface area contributed by atoms with Crippen LogP contribution in [0.4, 0.5) is 0 Å². The van der Waals surface area contributed by atoms with E-state index >= 15 is 0 Å². The number of hydrogen-bond acceptors (Lipinski definition) is 4. The second-order valence-corrected chi connectivity index (χ2v) is 6.30. The van der Waals surface area contributed by atoms with Gasteiger partial charge in [-0.05, 0) is 63.4 Å². The fraction of sp³-hybridized carbons (Fsp3) is 0.556. The van der Waals surface area contributed by atoms with Crippen LogP contribution in [-0.2, 0) is 4.74 Å². The van der Waals surface area contributed by atoms with Crippen molar-refractivity contribution in [2.75, 3.05) is 19.7 Å². The summed E-state index contributed by atoms with van der Waals surface area (Å²) in [4.78, 5) is 12.4. The minimum absolute atomic E-state index is 0.251. The molecule has 23 heavy (non-hydrogen) atoms. The van der Waals surface area contributed by atoms with Crippen molar-refractivity contribution in [2.45, 2.75) is 39.5 Å². The number of nitrogens with one attached hydrogen (secondary N) is 1. The molecular formula is C18H25N3O2. The van der Waals surface area contributed by atoms with Crippen LogP contribution < -0.4 is 5.32 Å². The topological polar surface area (TPSA) is 55.6 Å². The van der Waals surface area contributed by atoms with E-state index < -0.39 is 0 Å². The normalized spacial score (nSPS) is 17.3. The van der Waals surface area contributed by atoms with E-state index in [1.807, 2.05) is 30.5 Å². The Bertz CT molecular complexity index is 702. The van der Waals surface area contributed by atoms with Gasteiger partial charge in [-0.2, -0.15) is 5.10 Å². The van der Waals surface area contributed by atoms with Crippen molar-refractivity contribution in [3.05, 3.63) is 35.2 Å².